The van der Waals surface area contributed by atoms with Gasteiger partial charge in [0.25, 0.3) is 0 Å². The lowest BCUT2D eigenvalue weighted by atomic mass is 9.51. The SMILES string of the molecule is COc1cncc([C@H]2[C@H](c3ccccc3)[C@H](c3cncc(OC)n3)[C@H]2c2ccccc2)n1. The van der Waals surface area contributed by atoms with Crippen LogP contribution in [0.2, 0.25) is 0 Å². The number of rotatable bonds is 6. The maximum Gasteiger partial charge on any atom is 0.232 e. The number of aromatic nitrogens is 4. The molecule has 1 aliphatic rings. The molecule has 6 heteroatoms. The third-order valence-electron chi connectivity index (χ3n) is 6.28. The minimum Gasteiger partial charge on any atom is -0.480 e. The minimum absolute atomic E-state index is 0.111. The Morgan fingerprint density at radius 2 is 0.938 bits per heavy atom. The Morgan fingerprint density at radius 3 is 1.31 bits per heavy atom. The van der Waals surface area contributed by atoms with Crippen molar-refractivity contribution < 1.29 is 9.47 Å². The summed E-state index contributed by atoms with van der Waals surface area (Å²) in [6, 6.07) is 21.1. The molecular weight excluding hydrogens is 400 g/mol. The highest BCUT2D eigenvalue weighted by atomic mass is 16.5. The van der Waals surface area contributed by atoms with Gasteiger partial charge in [-0.2, -0.15) is 0 Å². The average molecular weight is 425 g/mol. The van der Waals surface area contributed by atoms with Gasteiger partial charge in [0.05, 0.1) is 38.0 Å². The second-order valence-corrected chi connectivity index (χ2v) is 7.90. The van der Waals surface area contributed by atoms with Crippen molar-refractivity contribution in [3.63, 3.8) is 0 Å². The molecule has 5 rings (SSSR count). The van der Waals surface area contributed by atoms with E-state index in [9.17, 15) is 0 Å². The lowest BCUT2D eigenvalue weighted by molar-refractivity contribution is 0.216. The molecule has 0 unspecified atom stereocenters. The third kappa shape index (κ3) is 3.58. The van der Waals surface area contributed by atoms with Crippen LogP contribution in [0.15, 0.2) is 85.5 Å². The summed E-state index contributed by atoms with van der Waals surface area (Å²) in [4.78, 5) is 18.4. The van der Waals surface area contributed by atoms with Gasteiger partial charge in [-0.05, 0) is 11.1 Å². The summed E-state index contributed by atoms with van der Waals surface area (Å²) in [6.45, 7) is 0. The van der Waals surface area contributed by atoms with Crippen LogP contribution < -0.4 is 9.47 Å². The fraction of sp³-hybridized carbons (Fsp3) is 0.231. The summed E-state index contributed by atoms with van der Waals surface area (Å²) in [5.41, 5.74) is 4.31. The predicted molar refractivity (Wildman–Crippen MR) is 121 cm³/mol. The second kappa shape index (κ2) is 8.75. The molecule has 1 aliphatic carbocycles. The van der Waals surface area contributed by atoms with Crippen molar-refractivity contribution in [3.8, 4) is 11.8 Å². The molecule has 2 heterocycles. The van der Waals surface area contributed by atoms with Gasteiger partial charge < -0.3 is 9.47 Å². The monoisotopic (exact) mass is 424 g/mol. The number of methoxy groups -OCH3 is 2. The van der Waals surface area contributed by atoms with E-state index in [4.69, 9.17) is 19.4 Å². The van der Waals surface area contributed by atoms with Crippen LogP contribution in [-0.4, -0.2) is 34.2 Å². The van der Waals surface area contributed by atoms with Crippen molar-refractivity contribution in [2.75, 3.05) is 14.2 Å². The van der Waals surface area contributed by atoms with Crippen molar-refractivity contribution in [3.05, 3.63) is 108 Å². The van der Waals surface area contributed by atoms with E-state index in [1.807, 2.05) is 24.5 Å². The fourth-order valence-corrected chi connectivity index (χ4v) is 4.91. The van der Waals surface area contributed by atoms with Crippen molar-refractivity contribution in [2.24, 2.45) is 0 Å². The first kappa shape index (κ1) is 20.1. The van der Waals surface area contributed by atoms with Gasteiger partial charge in [0.2, 0.25) is 11.8 Å². The van der Waals surface area contributed by atoms with Crippen LogP contribution in [0.3, 0.4) is 0 Å². The van der Waals surface area contributed by atoms with Crippen LogP contribution in [0, 0.1) is 0 Å². The van der Waals surface area contributed by atoms with Crippen LogP contribution in [0.25, 0.3) is 0 Å². The molecule has 4 aromatic rings. The third-order valence-corrected chi connectivity index (χ3v) is 6.28. The highest BCUT2D eigenvalue weighted by Crippen LogP contribution is 2.65. The molecule has 0 radical (unpaired) electrons. The Morgan fingerprint density at radius 1 is 0.531 bits per heavy atom. The van der Waals surface area contributed by atoms with Gasteiger partial charge in [0.1, 0.15) is 0 Å². The molecule has 0 bridgehead atoms. The lowest BCUT2D eigenvalue weighted by Crippen LogP contribution is -2.41. The molecule has 2 aromatic carbocycles. The van der Waals surface area contributed by atoms with Crippen molar-refractivity contribution in [2.45, 2.75) is 23.7 Å². The first-order chi connectivity index (χ1) is 15.8. The van der Waals surface area contributed by atoms with E-state index in [-0.39, 0.29) is 23.7 Å². The molecule has 0 aliphatic heterocycles. The summed E-state index contributed by atoms with van der Waals surface area (Å²) in [5.74, 6) is 1.57. The van der Waals surface area contributed by atoms with Gasteiger partial charge in [0.15, 0.2) is 0 Å². The van der Waals surface area contributed by atoms with Crippen molar-refractivity contribution >= 4 is 0 Å². The molecule has 0 saturated heterocycles. The smallest absolute Gasteiger partial charge is 0.232 e. The first-order valence-electron chi connectivity index (χ1n) is 10.6. The molecule has 0 atom stereocenters. The summed E-state index contributed by atoms with van der Waals surface area (Å²) in [5, 5.41) is 0. The summed E-state index contributed by atoms with van der Waals surface area (Å²) in [6.07, 6.45) is 6.99. The minimum atomic E-state index is 0.111. The highest BCUT2D eigenvalue weighted by Gasteiger charge is 2.54. The zero-order valence-corrected chi connectivity index (χ0v) is 18.0. The van der Waals surface area contributed by atoms with E-state index >= 15 is 0 Å². The molecule has 0 N–H and O–H groups in total. The molecule has 160 valence electrons. The number of nitrogens with zero attached hydrogens (tertiary/aromatic N) is 4. The lowest BCUT2D eigenvalue weighted by Gasteiger charge is -2.52. The van der Waals surface area contributed by atoms with Gasteiger partial charge in [-0.1, -0.05) is 60.7 Å². The van der Waals surface area contributed by atoms with E-state index in [1.165, 1.54) is 11.1 Å². The number of hydrogen-bond donors (Lipinski definition) is 0. The number of benzene rings is 2. The van der Waals surface area contributed by atoms with E-state index in [1.54, 1.807) is 26.6 Å². The van der Waals surface area contributed by atoms with Crippen molar-refractivity contribution in [1.29, 1.82) is 0 Å². The molecule has 1 saturated carbocycles. The van der Waals surface area contributed by atoms with E-state index < -0.39 is 0 Å². The fourth-order valence-electron chi connectivity index (χ4n) is 4.91. The van der Waals surface area contributed by atoms with Gasteiger partial charge >= 0.3 is 0 Å². The molecule has 6 nitrogen and oxygen atoms in total. The zero-order chi connectivity index (χ0) is 21.9. The molecule has 2 aromatic heterocycles. The maximum atomic E-state index is 5.38. The van der Waals surface area contributed by atoms with Crippen LogP contribution in [0.4, 0.5) is 0 Å². The largest absolute Gasteiger partial charge is 0.480 e. The topological polar surface area (TPSA) is 70.0 Å². The quantitative estimate of drug-likeness (QED) is 0.446. The molecule has 0 spiro atoms. The Balaban J connectivity index is 1.68. The molecule has 32 heavy (non-hydrogen) atoms. The van der Waals surface area contributed by atoms with Gasteiger partial charge in [0, 0.05) is 36.1 Å². The normalized spacial score (nSPS) is 22.1. The maximum absolute atomic E-state index is 5.38. The van der Waals surface area contributed by atoms with Crippen LogP contribution in [0.5, 0.6) is 11.8 Å². The predicted octanol–water partition coefficient (Wildman–Crippen LogP) is 4.73. The number of hydrogen-bond acceptors (Lipinski definition) is 6. The summed E-state index contributed by atoms with van der Waals surface area (Å²) < 4.78 is 10.8. The first-order valence-corrected chi connectivity index (χ1v) is 10.6. The summed E-state index contributed by atoms with van der Waals surface area (Å²) in [7, 11) is 3.24. The second-order valence-electron chi connectivity index (χ2n) is 7.90. The van der Waals surface area contributed by atoms with Crippen LogP contribution in [0.1, 0.15) is 46.2 Å². The molecular formula is C26H24N4O2. The van der Waals surface area contributed by atoms with Crippen molar-refractivity contribution in [1.82, 2.24) is 19.9 Å². The molecule has 1 fully saturated rings. The summed E-state index contributed by atoms with van der Waals surface area (Å²) >= 11 is 0. The number of ether oxygens (including phenoxy) is 2. The zero-order valence-electron chi connectivity index (χ0n) is 18.0. The van der Waals surface area contributed by atoms with Gasteiger partial charge in [-0.25, -0.2) is 9.97 Å². The van der Waals surface area contributed by atoms with E-state index in [0.717, 1.165) is 11.4 Å². The average Bonchev–Trinajstić information content (AvgIpc) is 2.85. The molecule has 0 amide bonds. The van der Waals surface area contributed by atoms with E-state index in [2.05, 4.69) is 58.5 Å². The Kier molecular flexibility index (Phi) is 5.50. The standard InChI is InChI=1S/C26H24N4O2/c1-31-21-15-27-13-19(29-21)25-23(17-9-5-3-6-10-17)26(20-14-28-16-22(30-20)32-2)24(25)18-11-7-4-8-12-18/h3-16,23-26H,1-2H3/t23-,24-,25-,26-. The Labute approximate surface area is 187 Å². The Hall–Kier alpha value is -3.80. The van der Waals surface area contributed by atoms with Crippen LogP contribution >= 0.6 is 0 Å². The Bertz CT molecular complexity index is 1080. The van der Waals surface area contributed by atoms with Crippen LogP contribution in [-0.2, 0) is 0 Å². The highest BCUT2D eigenvalue weighted by molar-refractivity contribution is 5.45. The van der Waals surface area contributed by atoms with E-state index in [0.29, 0.717) is 11.8 Å². The van der Waals surface area contributed by atoms with Gasteiger partial charge in [-0.15, -0.1) is 0 Å². The van der Waals surface area contributed by atoms with Gasteiger partial charge in [-0.3, -0.25) is 9.97 Å².